The van der Waals surface area contributed by atoms with Crippen LogP contribution in [0.5, 0.6) is 17.2 Å². The number of anilines is 1. The van der Waals surface area contributed by atoms with Crippen LogP contribution in [-0.2, 0) is 4.79 Å². The van der Waals surface area contributed by atoms with Gasteiger partial charge in [0.1, 0.15) is 0 Å². The Morgan fingerprint density at radius 3 is 2.41 bits per heavy atom. The Bertz CT molecular complexity index is 1030. The maximum atomic E-state index is 12.4. The molecule has 5 heteroatoms. The number of hydrogen-bond donors (Lipinski definition) is 1. The minimum absolute atomic E-state index is 0.0142. The first-order chi connectivity index (χ1) is 13.2. The third-order valence-electron chi connectivity index (χ3n) is 5.09. The zero-order valence-corrected chi connectivity index (χ0v) is 15.5. The molecule has 1 aliphatic heterocycles. The van der Waals surface area contributed by atoms with Gasteiger partial charge in [0.25, 0.3) is 0 Å². The third-order valence-corrected chi connectivity index (χ3v) is 5.09. The third kappa shape index (κ3) is 2.76. The van der Waals surface area contributed by atoms with Crippen LogP contribution in [0.1, 0.15) is 23.5 Å². The summed E-state index contributed by atoms with van der Waals surface area (Å²) in [4.78, 5) is 12.4. The van der Waals surface area contributed by atoms with Gasteiger partial charge in [-0.15, -0.1) is 0 Å². The van der Waals surface area contributed by atoms with Crippen LogP contribution in [0.2, 0.25) is 0 Å². The summed E-state index contributed by atoms with van der Waals surface area (Å²) < 4.78 is 16.6. The molecule has 0 spiro atoms. The molecule has 3 aromatic rings. The lowest BCUT2D eigenvalue weighted by Gasteiger charge is -2.29. The van der Waals surface area contributed by atoms with Gasteiger partial charge in [-0.1, -0.05) is 36.4 Å². The van der Waals surface area contributed by atoms with Gasteiger partial charge in [0.2, 0.25) is 11.7 Å². The van der Waals surface area contributed by atoms with Crippen molar-refractivity contribution in [2.75, 3.05) is 26.6 Å². The monoisotopic (exact) mass is 363 g/mol. The molecule has 1 aliphatic rings. The van der Waals surface area contributed by atoms with E-state index in [-0.39, 0.29) is 11.8 Å². The van der Waals surface area contributed by atoms with E-state index in [2.05, 4.69) is 17.4 Å². The highest BCUT2D eigenvalue weighted by Crippen LogP contribution is 2.49. The maximum Gasteiger partial charge on any atom is 0.225 e. The zero-order chi connectivity index (χ0) is 19.0. The van der Waals surface area contributed by atoms with Crippen LogP contribution >= 0.6 is 0 Å². The SMILES string of the molecule is COc1ccc([C@@H]2CC(=O)Nc3ccc4ccccc4c32)c(OC)c1OC. The van der Waals surface area contributed by atoms with E-state index in [4.69, 9.17) is 14.2 Å². The second-order valence-electron chi connectivity index (χ2n) is 6.48. The minimum Gasteiger partial charge on any atom is -0.493 e. The molecule has 0 aliphatic carbocycles. The van der Waals surface area contributed by atoms with Crippen LogP contribution in [-0.4, -0.2) is 27.2 Å². The summed E-state index contributed by atoms with van der Waals surface area (Å²) >= 11 is 0. The average molecular weight is 363 g/mol. The van der Waals surface area contributed by atoms with Crippen LogP contribution in [0.15, 0.2) is 48.5 Å². The van der Waals surface area contributed by atoms with Crippen LogP contribution in [0.4, 0.5) is 5.69 Å². The Labute approximate surface area is 157 Å². The van der Waals surface area contributed by atoms with Crippen molar-refractivity contribution >= 4 is 22.4 Å². The largest absolute Gasteiger partial charge is 0.493 e. The number of fused-ring (bicyclic) bond motifs is 3. The molecule has 0 saturated heterocycles. The van der Waals surface area contributed by atoms with Crippen LogP contribution < -0.4 is 19.5 Å². The molecule has 0 aromatic heterocycles. The molecule has 0 saturated carbocycles. The summed E-state index contributed by atoms with van der Waals surface area (Å²) in [6.45, 7) is 0. The number of carbonyl (C=O) groups excluding carboxylic acids is 1. The number of methoxy groups -OCH3 is 3. The second kappa shape index (κ2) is 6.83. The fraction of sp³-hybridized carbons (Fsp3) is 0.227. The molecule has 1 atom stereocenters. The topological polar surface area (TPSA) is 56.8 Å². The van der Waals surface area contributed by atoms with Gasteiger partial charge < -0.3 is 19.5 Å². The lowest BCUT2D eigenvalue weighted by atomic mass is 9.81. The normalized spacial score (nSPS) is 15.8. The molecule has 1 N–H and O–H groups in total. The first kappa shape index (κ1) is 17.2. The van der Waals surface area contributed by atoms with Crippen molar-refractivity contribution in [2.24, 2.45) is 0 Å². The van der Waals surface area contributed by atoms with Crippen LogP contribution in [0.3, 0.4) is 0 Å². The summed E-state index contributed by atoms with van der Waals surface area (Å²) in [6.07, 6.45) is 0.340. The Balaban J connectivity index is 1.99. The molecule has 5 nitrogen and oxygen atoms in total. The highest BCUT2D eigenvalue weighted by atomic mass is 16.5. The number of amides is 1. The average Bonchev–Trinajstić information content (AvgIpc) is 2.71. The molecule has 1 heterocycles. The number of rotatable bonds is 4. The molecule has 4 rings (SSSR count). The van der Waals surface area contributed by atoms with Gasteiger partial charge in [-0.2, -0.15) is 0 Å². The maximum absolute atomic E-state index is 12.4. The number of hydrogen-bond acceptors (Lipinski definition) is 4. The van der Waals surface area contributed by atoms with Gasteiger partial charge in [-0.05, 0) is 28.5 Å². The Kier molecular flexibility index (Phi) is 4.36. The summed E-state index contributed by atoms with van der Waals surface area (Å²) in [5.74, 6) is 1.56. The van der Waals surface area contributed by atoms with E-state index in [9.17, 15) is 4.79 Å². The van der Waals surface area contributed by atoms with Crippen LogP contribution in [0, 0.1) is 0 Å². The number of ether oxygens (including phenoxy) is 3. The summed E-state index contributed by atoms with van der Waals surface area (Å²) in [6, 6.07) is 16.0. The highest BCUT2D eigenvalue weighted by Gasteiger charge is 2.32. The Morgan fingerprint density at radius 2 is 1.67 bits per heavy atom. The molecule has 0 bridgehead atoms. The fourth-order valence-corrected chi connectivity index (χ4v) is 3.93. The van der Waals surface area contributed by atoms with Crippen molar-refractivity contribution in [3.63, 3.8) is 0 Å². The van der Waals surface area contributed by atoms with Gasteiger partial charge in [-0.3, -0.25) is 4.79 Å². The van der Waals surface area contributed by atoms with Gasteiger partial charge in [0.05, 0.1) is 21.3 Å². The van der Waals surface area contributed by atoms with Crippen LogP contribution in [0.25, 0.3) is 10.8 Å². The lowest BCUT2D eigenvalue weighted by Crippen LogP contribution is -2.24. The summed E-state index contributed by atoms with van der Waals surface area (Å²) in [5, 5.41) is 5.26. The molecular formula is C22H21NO4. The molecular weight excluding hydrogens is 342 g/mol. The quantitative estimate of drug-likeness (QED) is 0.749. The van der Waals surface area contributed by atoms with Crippen molar-refractivity contribution in [1.82, 2.24) is 0 Å². The molecule has 0 unspecified atom stereocenters. The van der Waals surface area contributed by atoms with E-state index in [1.165, 1.54) is 0 Å². The van der Waals surface area contributed by atoms with Crippen molar-refractivity contribution in [3.8, 4) is 17.2 Å². The smallest absolute Gasteiger partial charge is 0.225 e. The van der Waals surface area contributed by atoms with E-state index in [0.29, 0.717) is 23.7 Å². The number of carbonyl (C=O) groups is 1. The Hall–Kier alpha value is -3.21. The lowest BCUT2D eigenvalue weighted by molar-refractivity contribution is -0.116. The second-order valence-corrected chi connectivity index (χ2v) is 6.48. The summed E-state index contributed by atoms with van der Waals surface area (Å²) in [7, 11) is 4.78. The van der Waals surface area contributed by atoms with Crippen molar-refractivity contribution in [2.45, 2.75) is 12.3 Å². The fourth-order valence-electron chi connectivity index (χ4n) is 3.93. The van der Waals surface area contributed by atoms with E-state index in [1.54, 1.807) is 21.3 Å². The van der Waals surface area contributed by atoms with Gasteiger partial charge in [-0.25, -0.2) is 0 Å². The highest BCUT2D eigenvalue weighted by molar-refractivity contribution is 6.01. The number of nitrogens with one attached hydrogen (secondary N) is 1. The molecule has 138 valence electrons. The standard InChI is InChI=1S/C22H21NO4/c1-25-18-11-9-15(21(26-2)22(18)27-3)16-12-19(24)23-17-10-8-13-6-4-5-7-14(13)20(16)17/h4-11,16H,12H2,1-3H3,(H,23,24)/t16-/m0/s1. The Morgan fingerprint density at radius 1 is 0.889 bits per heavy atom. The van der Waals surface area contributed by atoms with Crippen molar-refractivity contribution in [3.05, 3.63) is 59.7 Å². The van der Waals surface area contributed by atoms with Gasteiger partial charge in [0, 0.05) is 23.6 Å². The molecule has 1 amide bonds. The van der Waals surface area contributed by atoms with Gasteiger partial charge in [0.15, 0.2) is 11.5 Å². The summed E-state index contributed by atoms with van der Waals surface area (Å²) in [5.41, 5.74) is 2.84. The van der Waals surface area contributed by atoms with E-state index >= 15 is 0 Å². The first-order valence-electron chi connectivity index (χ1n) is 8.78. The molecule has 0 radical (unpaired) electrons. The predicted octanol–water partition coefficient (Wildman–Crippen LogP) is 4.34. The van der Waals surface area contributed by atoms with Crippen molar-refractivity contribution < 1.29 is 19.0 Å². The predicted molar refractivity (Wildman–Crippen MR) is 105 cm³/mol. The first-order valence-corrected chi connectivity index (χ1v) is 8.78. The zero-order valence-electron chi connectivity index (χ0n) is 15.5. The molecule has 0 fully saturated rings. The van der Waals surface area contributed by atoms with E-state index in [0.717, 1.165) is 27.6 Å². The van der Waals surface area contributed by atoms with Crippen molar-refractivity contribution in [1.29, 1.82) is 0 Å². The number of benzene rings is 3. The van der Waals surface area contributed by atoms with E-state index in [1.807, 2.05) is 36.4 Å². The molecule has 3 aromatic carbocycles. The van der Waals surface area contributed by atoms with E-state index < -0.39 is 0 Å². The minimum atomic E-state index is -0.144. The molecule has 27 heavy (non-hydrogen) atoms. The van der Waals surface area contributed by atoms with Gasteiger partial charge >= 0.3 is 0 Å².